The Bertz CT molecular complexity index is 1280. The minimum Gasteiger partial charge on any atom is -0.480 e. The Labute approximate surface area is 257 Å². The molecule has 2 unspecified atom stereocenters. The molecule has 1 heterocycles. The summed E-state index contributed by atoms with van der Waals surface area (Å²) in [6, 6.07) is 16.1. The lowest BCUT2D eigenvalue weighted by Gasteiger charge is -2.30. The van der Waals surface area contributed by atoms with Gasteiger partial charge < -0.3 is 29.7 Å². The van der Waals surface area contributed by atoms with E-state index in [2.05, 4.69) is 5.32 Å². The second-order valence-electron chi connectivity index (χ2n) is 10.5. The summed E-state index contributed by atoms with van der Waals surface area (Å²) >= 11 is 0. The lowest BCUT2D eigenvalue weighted by atomic mass is 10.1. The number of carboxylic acids is 1. The summed E-state index contributed by atoms with van der Waals surface area (Å²) in [6.07, 6.45) is 0.434. The zero-order valence-corrected chi connectivity index (χ0v) is 25.7. The van der Waals surface area contributed by atoms with E-state index in [4.69, 9.17) is 14.0 Å². The van der Waals surface area contributed by atoms with Gasteiger partial charge in [-0.25, -0.2) is 14.4 Å². The van der Waals surface area contributed by atoms with E-state index in [0.29, 0.717) is 32.1 Å². The number of nitrogens with one attached hydrogen (secondary N) is 1. The van der Waals surface area contributed by atoms with Crippen molar-refractivity contribution < 1.29 is 47.7 Å². The molecule has 0 aliphatic carbocycles. The van der Waals surface area contributed by atoms with Gasteiger partial charge in [0, 0.05) is 13.1 Å². The van der Waals surface area contributed by atoms with E-state index in [1.54, 1.807) is 18.2 Å². The van der Waals surface area contributed by atoms with Crippen molar-refractivity contribution >= 4 is 31.5 Å². The van der Waals surface area contributed by atoms with E-state index in [1.807, 2.05) is 37.3 Å². The molecule has 2 amide bonds. The Morgan fingerprint density at radius 2 is 1.68 bits per heavy atom. The van der Waals surface area contributed by atoms with Crippen LogP contribution in [0.25, 0.3) is 0 Å². The first-order chi connectivity index (χ1) is 21.1. The van der Waals surface area contributed by atoms with Crippen molar-refractivity contribution in [2.75, 3.05) is 13.1 Å². The molecule has 12 nitrogen and oxygen atoms in total. The first-order valence-corrected chi connectivity index (χ1v) is 16.5. The molecular weight excluding hydrogens is 591 g/mol. The van der Waals surface area contributed by atoms with Crippen molar-refractivity contribution in [2.45, 2.75) is 82.9 Å². The van der Waals surface area contributed by atoms with Crippen LogP contribution in [0.2, 0.25) is 0 Å². The highest BCUT2D eigenvalue weighted by molar-refractivity contribution is 7.53. The molecule has 0 radical (unpaired) electrons. The van der Waals surface area contributed by atoms with Gasteiger partial charge in [0.05, 0.1) is 5.56 Å². The first kappa shape index (κ1) is 34.8. The molecular formula is C31H41N2O10P. The van der Waals surface area contributed by atoms with Gasteiger partial charge in [-0.05, 0) is 62.6 Å². The number of amides is 2. The summed E-state index contributed by atoms with van der Waals surface area (Å²) in [5.74, 6) is -4.22. The molecule has 0 spiro atoms. The van der Waals surface area contributed by atoms with Crippen LogP contribution in [0.3, 0.4) is 0 Å². The minimum absolute atomic E-state index is 0.0277. The van der Waals surface area contributed by atoms with Crippen molar-refractivity contribution in [1.29, 1.82) is 0 Å². The summed E-state index contributed by atoms with van der Waals surface area (Å²) in [4.78, 5) is 62.3. The van der Waals surface area contributed by atoms with Gasteiger partial charge >= 0.3 is 25.6 Å². The fraction of sp³-hybridized carbons (Fsp3) is 0.484. The van der Waals surface area contributed by atoms with Crippen LogP contribution in [0, 0.1) is 0 Å². The Morgan fingerprint density at radius 3 is 2.34 bits per heavy atom. The lowest BCUT2D eigenvalue weighted by Crippen LogP contribution is -2.46. The standard InChI is InChI=1S/C31H41N2O10P/c1-2-3-19-27(42-30(37)24-15-8-5-9-16-24)44(39,40)43-26(28(34)33-21-12-17-25(33)29(35)36)18-10-11-20-32-31(38)41-22-23-13-6-4-7-14-23/h4-9,13-16,25-27H,2-3,10-12,17-22H2,1H3,(H,32,38)(H,35,36)(H,39,40)/t25-,26?,27-/m0/s1. The number of rotatable bonds is 17. The fourth-order valence-corrected chi connectivity index (χ4v) is 6.23. The zero-order valence-electron chi connectivity index (χ0n) is 24.8. The van der Waals surface area contributed by atoms with Crippen molar-refractivity contribution in [1.82, 2.24) is 10.2 Å². The maximum Gasteiger partial charge on any atom is 0.407 e. The summed E-state index contributed by atoms with van der Waals surface area (Å²) in [5, 5.41) is 12.2. The number of carbonyl (C=O) groups excluding carboxylic acids is 3. The number of nitrogens with zero attached hydrogens (tertiary/aromatic N) is 1. The number of hydrogen-bond donors (Lipinski definition) is 3. The molecule has 1 fully saturated rings. The largest absolute Gasteiger partial charge is 0.480 e. The highest BCUT2D eigenvalue weighted by atomic mass is 31.2. The van der Waals surface area contributed by atoms with Crippen LogP contribution in [0.5, 0.6) is 0 Å². The van der Waals surface area contributed by atoms with Gasteiger partial charge in [-0.3, -0.25) is 13.9 Å². The number of ether oxygens (including phenoxy) is 2. The molecule has 2 aromatic carbocycles. The van der Waals surface area contributed by atoms with Gasteiger partial charge in [-0.15, -0.1) is 0 Å². The maximum atomic E-state index is 13.6. The number of alkyl carbamates (subject to hydrolysis) is 1. The molecule has 13 heteroatoms. The number of hydrogen-bond acceptors (Lipinski definition) is 8. The molecule has 0 saturated carbocycles. The maximum absolute atomic E-state index is 13.6. The average molecular weight is 633 g/mol. The predicted octanol–water partition coefficient (Wildman–Crippen LogP) is 5.10. The molecule has 0 bridgehead atoms. The number of carbonyl (C=O) groups is 4. The van der Waals surface area contributed by atoms with Crippen molar-refractivity contribution in [3.05, 3.63) is 71.8 Å². The van der Waals surface area contributed by atoms with E-state index in [-0.39, 0.29) is 44.5 Å². The second-order valence-corrected chi connectivity index (χ2v) is 12.5. The summed E-state index contributed by atoms with van der Waals surface area (Å²) < 4.78 is 29.8. The Hall–Kier alpha value is -3.73. The quantitative estimate of drug-likeness (QED) is 0.121. The molecule has 3 rings (SSSR count). The Kier molecular flexibility index (Phi) is 13.9. The molecule has 3 N–H and O–H groups in total. The Morgan fingerprint density at radius 1 is 1.00 bits per heavy atom. The third kappa shape index (κ3) is 10.8. The zero-order chi connectivity index (χ0) is 32.0. The van der Waals surface area contributed by atoms with Gasteiger partial charge in [0.25, 0.3) is 5.91 Å². The number of carboxylic acid groups (broad SMARTS) is 1. The monoisotopic (exact) mass is 632 g/mol. The Balaban J connectivity index is 1.65. The van der Waals surface area contributed by atoms with E-state index >= 15 is 0 Å². The van der Waals surface area contributed by atoms with Crippen molar-refractivity contribution in [3.8, 4) is 0 Å². The van der Waals surface area contributed by atoms with Crippen molar-refractivity contribution in [2.24, 2.45) is 0 Å². The number of esters is 1. The topological polar surface area (TPSA) is 169 Å². The third-order valence-electron chi connectivity index (χ3n) is 7.17. The lowest BCUT2D eigenvalue weighted by molar-refractivity contribution is -0.151. The minimum atomic E-state index is -4.74. The van der Waals surface area contributed by atoms with Crippen LogP contribution in [0.15, 0.2) is 60.7 Å². The molecule has 2 aromatic rings. The van der Waals surface area contributed by atoms with E-state index < -0.39 is 49.5 Å². The van der Waals surface area contributed by atoms with Crippen molar-refractivity contribution in [3.63, 3.8) is 0 Å². The molecule has 4 atom stereocenters. The van der Waals surface area contributed by atoms with Crippen LogP contribution in [-0.2, 0) is 34.8 Å². The molecule has 1 aliphatic rings. The van der Waals surface area contributed by atoms with Crippen LogP contribution >= 0.6 is 7.60 Å². The summed E-state index contributed by atoms with van der Waals surface area (Å²) in [7, 11) is -4.74. The fourth-order valence-electron chi connectivity index (χ4n) is 4.80. The number of aliphatic carboxylic acids is 1. The SMILES string of the molecule is CCCC[C@@H](OC(=O)c1ccccc1)P(=O)(O)OC(CCCCNC(=O)OCc1ccccc1)C(=O)N1CCC[C@H]1C(=O)O. The summed E-state index contributed by atoms with van der Waals surface area (Å²) in [6.45, 7) is 2.36. The van der Waals surface area contributed by atoms with Crippen LogP contribution < -0.4 is 5.32 Å². The molecule has 0 aromatic heterocycles. The smallest absolute Gasteiger partial charge is 0.407 e. The van der Waals surface area contributed by atoms with E-state index in [9.17, 15) is 33.7 Å². The first-order valence-electron chi connectivity index (χ1n) is 14.9. The van der Waals surface area contributed by atoms with Gasteiger partial charge in [0.2, 0.25) is 5.85 Å². The second kappa shape index (κ2) is 17.5. The molecule has 240 valence electrons. The third-order valence-corrected chi connectivity index (χ3v) is 8.82. The van der Waals surface area contributed by atoms with Crippen LogP contribution in [0.1, 0.15) is 74.2 Å². The summed E-state index contributed by atoms with van der Waals surface area (Å²) in [5.41, 5.74) is 1.03. The molecule has 1 saturated heterocycles. The van der Waals surface area contributed by atoms with Gasteiger partial charge in [0.1, 0.15) is 18.8 Å². The average Bonchev–Trinajstić information content (AvgIpc) is 3.52. The molecule has 44 heavy (non-hydrogen) atoms. The van der Waals surface area contributed by atoms with Crippen LogP contribution in [-0.4, -0.2) is 69.9 Å². The number of benzene rings is 2. The number of likely N-dealkylation sites (tertiary alicyclic amines) is 1. The van der Waals surface area contributed by atoms with Gasteiger partial charge in [-0.1, -0.05) is 61.9 Å². The normalized spacial score (nSPS) is 17.2. The van der Waals surface area contributed by atoms with E-state index in [0.717, 1.165) is 10.5 Å². The predicted molar refractivity (Wildman–Crippen MR) is 161 cm³/mol. The van der Waals surface area contributed by atoms with Crippen LogP contribution in [0.4, 0.5) is 4.79 Å². The molecule has 1 aliphatic heterocycles. The highest BCUT2D eigenvalue weighted by Crippen LogP contribution is 2.52. The van der Waals surface area contributed by atoms with Gasteiger partial charge in [-0.2, -0.15) is 0 Å². The van der Waals surface area contributed by atoms with E-state index in [1.165, 1.54) is 12.1 Å². The highest BCUT2D eigenvalue weighted by Gasteiger charge is 2.43. The number of unbranched alkanes of at least 4 members (excludes halogenated alkanes) is 2. The van der Waals surface area contributed by atoms with Gasteiger partial charge in [0.15, 0.2) is 0 Å².